The van der Waals surface area contributed by atoms with E-state index in [1.807, 2.05) is 6.92 Å². The van der Waals surface area contributed by atoms with Crippen LogP contribution in [0.3, 0.4) is 0 Å². The molecular formula is C19H19F3N4O2. The van der Waals surface area contributed by atoms with Gasteiger partial charge in [0.05, 0.1) is 11.8 Å². The molecular weight excluding hydrogens is 373 g/mol. The van der Waals surface area contributed by atoms with Gasteiger partial charge in [0.1, 0.15) is 11.9 Å². The Labute approximate surface area is 159 Å². The molecule has 3 aromatic rings. The number of rotatable bonds is 6. The largest absolute Gasteiger partial charge is 0.416 e. The fourth-order valence-corrected chi connectivity index (χ4v) is 2.75. The lowest BCUT2D eigenvalue weighted by molar-refractivity contribution is -0.137. The second kappa shape index (κ2) is 7.97. The monoisotopic (exact) mass is 392 g/mol. The Balaban J connectivity index is 1.94. The summed E-state index contributed by atoms with van der Waals surface area (Å²) in [7, 11) is 0. The molecule has 0 aliphatic carbocycles. The maximum absolute atomic E-state index is 12.8. The number of hydrogen-bond acceptors (Lipinski definition) is 4. The third-order valence-corrected chi connectivity index (χ3v) is 4.02. The molecule has 0 saturated carbocycles. The van der Waals surface area contributed by atoms with E-state index < -0.39 is 17.8 Å². The Bertz CT molecular complexity index is 993. The van der Waals surface area contributed by atoms with E-state index in [-0.39, 0.29) is 5.56 Å². The minimum atomic E-state index is -4.40. The molecule has 0 spiro atoms. The van der Waals surface area contributed by atoms with Crippen molar-refractivity contribution in [1.82, 2.24) is 19.7 Å². The number of aryl methyl sites for hydroxylation is 1. The Morgan fingerprint density at radius 3 is 2.54 bits per heavy atom. The van der Waals surface area contributed by atoms with Gasteiger partial charge in [-0.2, -0.15) is 18.3 Å². The molecule has 1 N–H and O–H groups in total. The van der Waals surface area contributed by atoms with Crippen molar-refractivity contribution in [2.24, 2.45) is 0 Å². The first kappa shape index (κ1) is 19.8. The predicted octanol–water partition coefficient (Wildman–Crippen LogP) is 3.80. The van der Waals surface area contributed by atoms with Crippen LogP contribution in [-0.4, -0.2) is 26.4 Å². The number of aromatic amines is 1. The van der Waals surface area contributed by atoms with Gasteiger partial charge in [0.15, 0.2) is 5.82 Å². The first-order valence-corrected chi connectivity index (χ1v) is 8.69. The van der Waals surface area contributed by atoms with Crippen LogP contribution in [-0.2, 0) is 10.9 Å². The second-order valence-electron chi connectivity index (χ2n) is 6.28. The standard InChI is InChI=1S/C19H19F3N4O2/c1-3-8-28-18(13-4-6-15(7-5-13)19(20,21)22)14-10-23-26(11-14)16-9-17(27)25-12(2)24-16/h4-7,9-11,18H,3,8H2,1-2H3,(H,24,25,27). The molecule has 1 unspecified atom stereocenters. The topological polar surface area (TPSA) is 72.8 Å². The van der Waals surface area contributed by atoms with Crippen LogP contribution in [0, 0.1) is 6.92 Å². The van der Waals surface area contributed by atoms with Gasteiger partial charge < -0.3 is 9.72 Å². The lowest BCUT2D eigenvalue weighted by Crippen LogP contribution is -2.12. The van der Waals surface area contributed by atoms with Crippen molar-refractivity contribution in [3.05, 3.63) is 75.6 Å². The molecule has 0 aliphatic rings. The summed E-state index contributed by atoms with van der Waals surface area (Å²) in [5.41, 5.74) is 0.203. The molecule has 2 aromatic heterocycles. The molecule has 0 fully saturated rings. The Hall–Kier alpha value is -2.94. The lowest BCUT2D eigenvalue weighted by Gasteiger charge is -2.17. The number of ether oxygens (including phenoxy) is 1. The SMILES string of the molecule is CCCOC(c1ccc(C(F)(F)F)cc1)c1cnn(-c2cc(=O)[nH]c(C)n2)c1. The van der Waals surface area contributed by atoms with Crippen molar-refractivity contribution in [3.8, 4) is 5.82 Å². The van der Waals surface area contributed by atoms with Crippen LogP contribution in [0.25, 0.3) is 5.82 Å². The van der Waals surface area contributed by atoms with E-state index in [0.29, 0.717) is 29.4 Å². The van der Waals surface area contributed by atoms with Gasteiger partial charge in [0.25, 0.3) is 5.56 Å². The summed E-state index contributed by atoms with van der Waals surface area (Å²) in [6.45, 7) is 4.03. The van der Waals surface area contributed by atoms with Gasteiger partial charge in [-0.1, -0.05) is 19.1 Å². The highest BCUT2D eigenvalue weighted by atomic mass is 19.4. The number of aromatic nitrogens is 4. The summed E-state index contributed by atoms with van der Waals surface area (Å²) in [4.78, 5) is 18.4. The Morgan fingerprint density at radius 2 is 1.93 bits per heavy atom. The Morgan fingerprint density at radius 1 is 1.21 bits per heavy atom. The molecule has 1 atom stereocenters. The highest BCUT2D eigenvalue weighted by Gasteiger charge is 2.30. The summed E-state index contributed by atoms with van der Waals surface area (Å²) in [6.07, 6.45) is -1.03. The maximum Gasteiger partial charge on any atom is 0.416 e. The van der Waals surface area contributed by atoms with Crippen molar-refractivity contribution < 1.29 is 17.9 Å². The van der Waals surface area contributed by atoms with Gasteiger partial charge >= 0.3 is 6.18 Å². The van der Waals surface area contributed by atoms with Crippen molar-refractivity contribution in [2.45, 2.75) is 32.5 Å². The normalized spacial score (nSPS) is 12.9. The lowest BCUT2D eigenvalue weighted by atomic mass is 10.0. The van der Waals surface area contributed by atoms with Gasteiger partial charge in [-0.15, -0.1) is 0 Å². The number of halogens is 3. The van der Waals surface area contributed by atoms with Crippen LogP contribution >= 0.6 is 0 Å². The second-order valence-corrected chi connectivity index (χ2v) is 6.28. The highest BCUT2D eigenvalue weighted by molar-refractivity contribution is 5.32. The maximum atomic E-state index is 12.8. The molecule has 1 aromatic carbocycles. The molecule has 2 heterocycles. The van der Waals surface area contributed by atoms with E-state index >= 15 is 0 Å². The van der Waals surface area contributed by atoms with Gasteiger partial charge in [0, 0.05) is 24.4 Å². The van der Waals surface area contributed by atoms with Crippen LogP contribution in [0.1, 0.15) is 42.0 Å². The molecule has 0 amide bonds. The third kappa shape index (κ3) is 4.48. The first-order chi connectivity index (χ1) is 13.3. The van der Waals surface area contributed by atoms with Gasteiger partial charge in [-0.25, -0.2) is 9.67 Å². The fraction of sp³-hybridized carbons (Fsp3) is 0.316. The average Bonchev–Trinajstić information content (AvgIpc) is 3.11. The van der Waals surface area contributed by atoms with Crippen LogP contribution in [0.2, 0.25) is 0 Å². The first-order valence-electron chi connectivity index (χ1n) is 8.69. The number of H-pyrrole nitrogens is 1. The fourth-order valence-electron chi connectivity index (χ4n) is 2.75. The van der Waals surface area contributed by atoms with Crippen molar-refractivity contribution in [3.63, 3.8) is 0 Å². The average molecular weight is 392 g/mol. The molecule has 0 saturated heterocycles. The molecule has 6 nitrogen and oxygen atoms in total. The van der Waals surface area contributed by atoms with Crippen LogP contribution < -0.4 is 5.56 Å². The van der Waals surface area contributed by atoms with Crippen LogP contribution in [0.15, 0.2) is 47.5 Å². The number of alkyl halides is 3. The van der Waals surface area contributed by atoms with E-state index in [1.54, 1.807) is 19.3 Å². The molecule has 148 valence electrons. The minimum absolute atomic E-state index is 0.305. The predicted molar refractivity (Wildman–Crippen MR) is 96.2 cm³/mol. The zero-order valence-corrected chi connectivity index (χ0v) is 15.3. The van der Waals surface area contributed by atoms with E-state index in [0.717, 1.165) is 18.6 Å². The van der Waals surface area contributed by atoms with Gasteiger partial charge in [-0.05, 0) is 31.0 Å². The van der Waals surface area contributed by atoms with Crippen LogP contribution in [0.4, 0.5) is 13.2 Å². The third-order valence-electron chi connectivity index (χ3n) is 4.02. The number of benzene rings is 1. The molecule has 28 heavy (non-hydrogen) atoms. The number of nitrogens with one attached hydrogen (secondary N) is 1. The number of nitrogens with zero attached hydrogens (tertiary/aromatic N) is 3. The summed E-state index contributed by atoms with van der Waals surface area (Å²) in [5, 5.41) is 4.22. The van der Waals surface area contributed by atoms with E-state index in [1.165, 1.54) is 22.9 Å². The molecule has 0 aliphatic heterocycles. The quantitative estimate of drug-likeness (QED) is 0.693. The Kier molecular flexibility index (Phi) is 5.64. The summed E-state index contributed by atoms with van der Waals surface area (Å²) < 4.78 is 45.8. The minimum Gasteiger partial charge on any atom is -0.369 e. The van der Waals surface area contributed by atoms with Gasteiger partial charge in [0.2, 0.25) is 0 Å². The number of hydrogen-bond donors (Lipinski definition) is 1. The molecule has 0 radical (unpaired) electrons. The molecule has 9 heteroatoms. The summed E-state index contributed by atoms with van der Waals surface area (Å²) in [6, 6.07) is 6.17. The zero-order valence-electron chi connectivity index (χ0n) is 15.3. The molecule has 0 bridgehead atoms. The summed E-state index contributed by atoms with van der Waals surface area (Å²) >= 11 is 0. The van der Waals surface area contributed by atoms with Crippen LogP contribution in [0.5, 0.6) is 0 Å². The van der Waals surface area contributed by atoms with Crippen molar-refractivity contribution >= 4 is 0 Å². The smallest absolute Gasteiger partial charge is 0.369 e. The van der Waals surface area contributed by atoms with E-state index in [2.05, 4.69) is 15.1 Å². The van der Waals surface area contributed by atoms with Gasteiger partial charge in [-0.3, -0.25) is 4.79 Å². The molecule has 3 rings (SSSR count). The zero-order chi connectivity index (χ0) is 20.3. The van der Waals surface area contributed by atoms with Crippen molar-refractivity contribution in [2.75, 3.05) is 6.61 Å². The van der Waals surface area contributed by atoms with E-state index in [9.17, 15) is 18.0 Å². The van der Waals surface area contributed by atoms with E-state index in [4.69, 9.17) is 4.74 Å². The summed E-state index contributed by atoms with van der Waals surface area (Å²) in [5.74, 6) is 0.787. The highest BCUT2D eigenvalue weighted by Crippen LogP contribution is 2.32. The van der Waals surface area contributed by atoms with Crippen molar-refractivity contribution in [1.29, 1.82) is 0 Å².